The summed E-state index contributed by atoms with van der Waals surface area (Å²) in [5, 5.41) is 0.629. The molecule has 1 aliphatic rings. The molecule has 0 fully saturated rings. The molecule has 0 N–H and O–H groups in total. The number of esters is 1. The van der Waals surface area contributed by atoms with Crippen molar-refractivity contribution < 1.29 is 14.3 Å². The molecule has 1 atom stereocenters. The van der Waals surface area contributed by atoms with Crippen LogP contribution in [0.1, 0.15) is 36.6 Å². The van der Waals surface area contributed by atoms with Crippen LogP contribution in [0.25, 0.3) is 6.08 Å². The van der Waals surface area contributed by atoms with E-state index in [1.165, 1.54) is 11.3 Å². The first kappa shape index (κ1) is 28.4. The van der Waals surface area contributed by atoms with Gasteiger partial charge in [0.1, 0.15) is 12.4 Å². The summed E-state index contributed by atoms with van der Waals surface area (Å²) < 4.78 is 13.6. The van der Waals surface area contributed by atoms with Gasteiger partial charge in [0, 0.05) is 35.9 Å². The van der Waals surface area contributed by atoms with Gasteiger partial charge in [0.2, 0.25) is 0 Å². The van der Waals surface area contributed by atoms with Crippen LogP contribution in [-0.2, 0) is 16.1 Å². The van der Waals surface area contributed by atoms with Crippen molar-refractivity contribution in [3.05, 3.63) is 125 Å². The lowest BCUT2D eigenvalue weighted by atomic mass is 9.95. The fourth-order valence-electron chi connectivity index (χ4n) is 4.71. The molecule has 4 aromatic rings. The third-order valence-electron chi connectivity index (χ3n) is 6.79. The third kappa shape index (κ3) is 5.85. The van der Waals surface area contributed by atoms with E-state index in [0.717, 1.165) is 22.4 Å². The maximum atomic E-state index is 14.0. The Hall–Kier alpha value is -4.14. The number of hydrogen-bond donors (Lipinski definition) is 0. The van der Waals surface area contributed by atoms with Crippen LogP contribution < -0.4 is 24.5 Å². The van der Waals surface area contributed by atoms with Gasteiger partial charge < -0.3 is 14.4 Å². The molecule has 9 heteroatoms. The van der Waals surface area contributed by atoms with Crippen LogP contribution in [-0.4, -0.2) is 31.2 Å². The molecule has 0 amide bonds. The fraction of sp³-hybridized carbons (Fsp3) is 0.219. The summed E-state index contributed by atoms with van der Waals surface area (Å²) in [6, 6.07) is 22.2. The minimum Gasteiger partial charge on any atom is -0.488 e. The highest BCUT2D eigenvalue weighted by Crippen LogP contribution is 2.32. The molecule has 0 radical (unpaired) electrons. The van der Waals surface area contributed by atoms with Crippen molar-refractivity contribution in [3.8, 4) is 5.75 Å². The Morgan fingerprint density at radius 3 is 2.49 bits per heavy atom. The second-order valence-electron chi connectivity index (χ2n) is 9.71. The maximum Gasteiger partial charge on any atom is 0.338 e. The zero-order valence-corrected chi connectivity index (χ0v) is 24.8. The first-order valence-corrected chi connectivity index (χ1v) is 14.4. The lowest BCUT2D eigenvalue weighted by Crippen LogP contribution is -2.40. The summed E-state index contributed by atoms with van der Waals surface area (Å²) in [6.07, 6.45) is 1.81. The number of aromatic nitrogens is 1. The van der Waals surface area contributed by atoms with Gasteiger partial charge in [0.05, 0.1) is 28.5 Å². The number of halogens is 1. The summed E-state index contributed by atoms with van der Waals surface area (Å²) in [4.78, 5) is 34.3. The molecule has 210 valence electrons. The van der Waals surface area contributed by atoms with Crippen molar-refractivity contribution in [1.29, 1.82) is 0 Å². The number of hydrogen-bond acceptors (Lipinski definition) is 7. The fourth-order valence-corrected chi connectivity index (χ4v) is 5.93. The van der Waals surface area contributed by atoms with Crippen LogP contribution in [0, 0.1) is 0 Å². The number of para-hydroxylation sites is 1. The van der Waals surface area contributed by atoms with Gasteiger partial charge in [-0.1, -0.05) is 71.5 Å². The normalized spacial score (nSPS) is 14.9. The Morgan fingerprint density at radius 2 is 1.78 bits per heavy atom. The number of rotatable bonds is 8. The molecule has 3 aromatic carbocycles. The SMILES string of the molecule is CCOC(=O)C1=C(C)N=c2s/c(=C\c3ccccc3OCc3ccccc3Cl)c(=O)n2[C@@H]1c1ccc(N(C)C)cc1. The van der Waals surface area contributed by atoms with E-state index in [4.69, 9.17) is 21.1 Å². The summed E-state index contributed by atoms with van der Waals surface area (Å²) >= 11 is 7.59. The number of carbonyl (C=O) groups is 1. The van der Waals surface area contributed by atoms with Crippen LogP contribution in [0.2, 0.25) is 5.02 Å². The van der Waals surface area contributed by atoms with Crippen LogP contribution in [0.5, 0.6) is 5.75 Å². The molecule has 5 rings (SSSR count). The Labute approximate surface area is 247 Å². The van der Waals surface area contributed by atoms with Crippen molar-refractivity contribution >= 4 is 40.7 Å². The highest BCUT2D eigenvalue weighted by molar-refractivity contribution is 7.07. The summed E-state index contributed by atoms with van der Waals surface area (Å²) in [6.45, 7) is 4.05. The number of anilines is 1. The molecule has 1 aromatic heterocycles. The van der Waals surface area contributed by atoms with Crippen LogP contribution in [0.15, 0.2) is 93.9 Å². The number of allylic oxidation sites excluding steroid dienone is 1. The number of benzene rings is 3. The first-order chi connectivity index (χ1) is 19.8. The minimum absolute atomic E-state index is 0.220. The first-order valence-electron chi connectivity index (χ1n) is 13.2. The average Bonchev–Trinajstić information content (AvgIpc) is 3.26. The smallest absolute Gasteiger partial charge is 0.338 e. The average molecular weight is 588 g/mol. The Morgan fingerprint density at radius 1 is 1.07 bits per heavy atom. The summed E-state index contributed by atoms with van der Waals surface area (Å²) in [5.74, 6) is 0.139. The quantitative estimate of drug-likeness (QED) is 0.268. The molecule has 0 aliphatic carbocycles. The van der Waals surface area contributed by atoms with Crippen LogP contribution >= 0.6 is 22.9 Å². The predicted octanol–water partition coefficient (Wildman–Crippen LogP) is 5.10. The van der Waals surface area contributed by atoms with Crippen molar-refractivity contribution in [2.24, 2.45) is 4.99 Å². The van der Waals surface area contributed by atoms with Crippen molar-refractivity contribution in [1.82, 2.24) is 4.57 Å². The van der Waals surface area contributed by atoms with Gasteiger partial charge in [-0.05, 0) is 49.8 Å². The monoisotopic (exact) mass is 587 g/mol. The van der Waals surface area contributed by atoms with Crippen LogP contribution in [0.4, 0.5) is 5.69 Å². The third-order valence-corrected chi connectivity index (χ3v) is 8.14. The van der Waals surface area contributed by atoms with E-state index in [0.29, 0.717) is 31.4 Å². The Bertz CT molecular complexity index is 1810. The van der Waals surface area contributed by atoms with E-state index in [1.54, 1.807) is 24.5 Å². The zero-order chi connectivity index (χ0) is 29.1. The van der Waals surface area contributed by atoms with Gasteiger partial charge in [-0.3, -0.25) is 9.36 Å². The van der Waals surface area contributed by atoms with Crippen molar-refractivity contribution in [2.75, 3.05) is 25.6 Å². The molecule has 2 heterocycles. The Balaban J connectivity index is 1.60. The second-order valence-corrected chi connectivity index (χ2v) is 11.1. The standard InChI is InChI=1S/C32H30ClN3O4S/c1-5-39-31(38)28-20(2)34-32-36(29(28)21-14-16-24(17-15-21)35(3)4)30(37)27(41-32)18-22-10-7-9-13-26(22)40-19-23-11-6-8-12-25(23)33/h6-18,29H,5,19H2,1-4H3/b27-18-/t29-/m1/s1. The lowest BCUT2D eigenvalue weighted by molar-refractivity contribution is -0.139. The van der Waals surface area contributed by atoms with E-state index < -0.39 is 12.0 Å². The molecule has 7 nitrogen and oxygen atoms in total. The van der Waals surface area contributed by atoms with Gasteiger partial charge in [-0.25, -0.2) is 9.79 Å². The molecular formula is C32H30ClN3O4S. The highest BCUT2D eigenvalue weighted by Gasteiger charge is 2.33. The van der Waals surface area contributed by atoms with E-state index in [1.807, 2.05) is 91.8 Å². The van der Waals surface area contributed by atoms with Crippen molar-refractivity contribution in [2.45, 2.75) is 26.5 Å². The molecule has 1 aliphatic heterocycles. The predicted molar refractivity (Wildman–Crippen MR) is 163 cm³/mol. The van der Waals surface area contributed by atoms with Gasteiger partial charge in [-0.2, -0.15) is 0 Å². The molecule has 0 bridgehead atoms. The van der Waals surface area contributed by atoms with E-state index in [2.05, 4.69) is 4.99 Å². The molecule has 0 unspecified atom stereocenters. The van der Waals surface area contributed by atoms with Gasteiger partial charge >= 0.3 is 5.97 Å². The molecule has 0 spiro atoms. The molecule has 41 heavy (non-hydrogen) atoms. The summed E-state index contributed by atoms with van der Waals surface area (Å²) in [7, 11) is 3.92. The number of carbonyl (C=O) groups excluding carboxylic acids is 1. The molecule has 0 saturated heterocycles. The van der Waals surface area contributed by atoms with Gasteiger partial charge in [-0.15, -0.1) is 0 Å². The number of nitrogens with zero attached hydrogens (tertiary/aromatic N) is 3. The van der Waals surface area contributed by atoms with Gasteiger partial charge in [0.15, 0.2) is 4.80 Å². The number of ether oxygens (including phenoxy) is 2. The summed E-state index contributed by atoms with van der Waals surface area (Å²) in [5.41, 5.74) is 4.06. The van der Waals surface area contributed by atoms with Crippen LogP contribution in [0.3, 0.4) is 0 Å². The topological polar surface area (TPSA) is 73.1 Å². The van der Waals surface area contributed by atoms with E-state index in [9.17, 15) is 9.59 Å². The number of thiazole rings is 1. The zero-order valence-electron chi connectivity index (χ0n) is 23.3. The number of fused-ring (bicyclic) bond motifs is 1. The van der Waals surface area contributed by atoms with Gasteiger partial charge in [0.25, 0.3) is 5.56 Å². The highest BCUT2D eigenvalue weighted by atomic mass is 35.5. The van der Waals surface area contributed by atoms with E-state index in [-0.39, 0.29) is 18.8 Å². The lowest BCUT2D eigenvalue weighted by Gasteiger charge is -2.25. The van der Waals surface area contributed by atoms with Crippen molar-refractivity contribution in [3.63, 3.8) is 0 Å². The maximum absolute atomic E-state index is 14.0. The largest absolute Gasteiger partial charge is 0.488 e. The Kier molecular flexibility index (Phi) is 8.42. The minimum atomic E-state index is -0.671. The second kappa shape index (κ2) is 12.2. The molecule has 0 saturated carbocycles. The molecular weight excluding hydrogens is 558 g/mol. The van der Waals surface area contributed by atoms with E-state index >= 15 is 0 Å².